The zero-order valence-electron chi connectivity index (χ0n) is 28.2. The van der Waals surface area contributed by atoms with Gasteiger partial charge in [-0.1, -0.05) is 73.7 Å². The Balaban J connectivity index is 1.67. The molecule has 10 nitrogen and oxygen atoms in total. The Bertz CT molecular complexity index is 1630. The molecule has 3 aromatic carbocycles. The molecule has 0 radical (unpaired) electrons. The van der Waals surface area contributed by atoms with Gasteiger partial charge in [0.15, 0.2) is 18.3 Å². The number of esters is 3. The number of hydrogen-bond acceptors (Lipinski definition) is 11. The molecule has 0 aromatic heterocycles. The Labute approximate surface area is 299 Å². The molecule has 0 amide bonds. The Morgan fingerprint density at radius 2 is 1.26 bits per heavy atom. The second-order valence-corrected chi connectivity index (χ2v) is 16.4. The molecule has 1 saturated heterocycles. The van der Waals surface area contributed by atoms with Crippen LogP contribution in [0.1, 0.15) is 65.2 Å². The van der Waals surface area contributed by atoms with E-state index in [4.69, 9.17) is 18.9 Å². The average molecular weight is 720 g/mol. The van der Waals surface area contributed by atoms with Crippen molar-refractivity contribution in [1.29, 1.82) is 0 Å². The molecule has 2 heterocycles. The number of thioether (sulfide) groups is 1. The number of ether oxygens (including phenoxy) is 4. The molecular weight excluding hydrogens is 679 g/mol. The molecule has 50 heavy (non-hydrogen) atoms. The van der Waals surface area contributed by atoms with Crippen LogP contribution in [0.4, 0.5) is 0 Å². The lowest BCUT2D eigenvalue weighted by Gasteiger charge is -2.48. The molecule has 0 saturated carbocycles. The molecule has 3 aromatic rings. The van der Waals surface area contributed by atoms with Crippen LogP contribution in [0.15, 0.2) is 103 Å². The minimum absolute atomic E-state index is 0.215. The number of rotatable bonds is 9. The third kappa shape index (κ3) is 9.23. The molecule has 2 bridgehead atoms. The molecule has 1 fully saturated rings. The van der Waals surface area contributed by atoms with Gasteiger partial charge >= 0.3 is 17.9 Å². The van der Waals surface area contributed by atoms with E-state index in [1.807, 2.05) is 39.8 Å². The third-order valence-electron chi connectivity index (χ3n) is 8.28. The summed E-state index contributed by atoms with van der Waals surface area (Å²) in [6.45, 7) is 7.35. The van der Waals surface area contributed by atoms with E-state index in [1.165, 1.54) is 0 Å². The molecule has 12 heteroatoms. The van der Waals surface area contributed by atoms with Crippen molar-refractivity contribution in [1.82, 2.24) is 4.72 Å². The van der Waals surface area contributed by atoms with E-state index in [0.29, 0.717) is 6.42 Å². The van der Waals surface area contributed by atoms with Gasteiger partial charge in [-0.2, -0.15) is 0 Å². The smallest absolute Gasteiger partial charge is 0.338 e. The van der Waals surface area contributed by atoms with Crippen molar-refractivity contribution in [2.24, 2.45) is 5.92 Å². The number of benzene rings is 3. The zero-order chi connectivity index (χ0) is 35.8. The summed E-state index contributed by atoms with van der Waals surface area (Å²) in [5, 5.41) is -0.621. The lowest BCUT2D eigenvalue weighted by atomic mass is 9.87. The number of carbonyl (C=O) groups excluding carboxylic acids is 4. The highest BCUT2D eigenvalue weighted by molar-refractivity contribution is 8.01. The molecule has 0 unspecified atom stereocenters. The van der Waals surface area contributed by atoms with E-state index in [-0.39, 0.29) is 22.6 Å². The van der Waals surface area contributed by atoms with Crippen LogP contribution in [-0.4, -0.2) is 74.6 Å². The maximum atomic E-state index is 13.8. The van der Waals surface area contributed by atoms with Crippen molar-refractivity contribution in [3.05, 3.63) is 120 Å². The molecule has 5 rings (SSSR count). The second-order valence-electron chi connectivity index (χ2n) is 13.0. The normalized spacial score (nSPS) is 27.3. The number of allylic oxidation sites excluding steroid dienone is 1. The van der Waals surface area contributed by atoms with E-state index in [1.54, 1.807) is 91.0 Å². The minimum Gasteiger partial charge on any atom is -0.598 e. The minimum atomic E-state index is -1.62. The topological polar surface area (TPSA) is 140 Å². The summed E-state index contributed by atoms with van der Waals surface area (Å²) in [7, 11) is 0. The molecular formula is C38H41NO9S2. The lowest BCUT2D eigenvalue weighted by Crippen LogP contribution is -2.67. The monoisotopic (exact) mass is 719 g/mol. The Kier molecular flexibility index (Phi) is 12.6. The van der Waals surface area contributed by atoms with Gasteiger partial charge in [0.05, 0.1) is 28.0 Å². The maximum Gasteiger partial charge on any atom is 0.338 e. The largest absolute Gasteiger partial charge is 0.598 e. The van der Waals surface area contributed by atoms with E-state index in [0.717, 1.165) is 18.0 Å². The van der Waals surface area contributed by atoms with Crippen LogP contribution in [0.25, 0.3) is 0 Å². The van der Waals surface area contributed by atoms with Gasteiger partial charge in [0.1, 0.15) is 22.6 Å². The SMILES string of the molecule is C[C@@H]1C=CC[C@@H](C=O)S[C@H]2O[C@H]([C@@H]1N[S@+]([O-])C(C)(C)C)[C@H](OC(=O)c1ccccc1)[C@H](OC(=O)c1ccccc1)[C@H]2OC(=O)c1ccccc1. The van der Waals surface area contributed by atoms with Crippen LogP contribution < -0.4 is 4.72 Å². The van der Waals surface area contributed by atoms with Crippen LogP contribution in [0.5, 0.6) is 0 Å². The van der Waals surface area contributed by atoms with Crippen LogP contribution in [-0.2, 0) is 35.1 Å². The van der Waals surface area contributed by atoms with E-state index < -0.39 is 75.2 Å². The molecule has 0 spiro atoms. The number of carbonyl (C=O) groups is 4. The number of nitrogens with one attached hydrogen (secondary N) is 1. The summed E-state index contributed by atoms with van der Waals surface area (Å²) >= 11 is -0.510. The number of fused-ring (bicyclic) bond motifs is 2. The number of hydrogen-bond donors (Lipinski definition) is 1. The van der Waals surface area contributed by atoms with E-state index in [9.17, 15) is 23.7 Å². The summed E-state index contributed by atoms with van der Waals surface area (Å²) in [5.41, 5.74) is -0.400. The maximum absolute atomic E-state index is 13.8. The Morgan fingerprint density at radius 3 is 1.72 bits per heavy atom. The fourth-order valence-electron chi connectivity index (χ4n) is 5.56. The highest BCUT2D eigenvalue weighted by atomic mass is 32.2. The second kappa shape index (κ2) is 16.8. The summed E-state index contributed by atoms with van der Waals surface area (Å²) in [6, 6.07) is 24.1. The van der Waals surface area contributed by atoms with Gasteiger partial charge in [0.2, 0.25) is 0 Å². The Hall–Kier alpha value is -3.94. The quantitative estimate of drug-likeness (QED) is 0.0957. The zero-order valence-corrected chi connectivity index (χ0v) is 29.8. The number of aldehydes is 1. The molecule has 264 valence electrons. The molecule has 1 N–H and O–H groups in total. The van der Waals surface area contributed by atoms with Gasteiger partial charge in [-0.15, -0.1) is 16.5 Å². The standard InChI is InChI=1S/C38H41NO9S2/c1-24-15-14-22-28(23-40)49-37-33(47-36(43)27-20-12-7-13-21-27)32(46-35(42)26-18-10-6-11-19-26)31(45-34(41)25-16-8-5-9-17-25)30(48-37)29(24)39-50(44)38(2,3)4/h5-21,23-24,28-33,37,39H,22H2,1-4H3/t24-,28+,29-,30-,31+,32+,33-,37-,50-/m1/s1. The van der Waals surface area contributed by atoms with Crippen LogP contribution in [0.3, 0.4) is 0 Å². The summed E-state index contributed by atoms with van der Waals surface area (Å²) < 4.78 is 41.5. The fraction of sp³-hybridized carbons (Fsp3) is 0.368. The van der Waals surface area contributed by atoms with Gasteiger partial charge in [0, 0.05) is 11.4 Å². The summed E-state index contributed by atoms with van der Waals surface area (Å²) in [5.74, 6) is -2.60. The van der Waals surface area contributed by atoms with Crippen LogP contribution in [0.2, 0.25) is 0 Å². The van der Waals surface area contributed by atoms with E-state index in [2.05, 4.69) is 4.72 Å². The van der Waals surface area contributed by atoms with E-state index >= 15 is 0 Å². The first-order valence-corrected chi connectivity index (χ1v) is 18.4. The third-order valence-corrected chi connectivity index (χ3v) is 11.2. The molecule has 2 aliphatic rings. The van der Waals surface area contributed by atoms with Gasteiger partial charge in [0.25, 0.3) is 0 Å². The van der Waals surface area contributed by atoms with Crippen molar-refractivity contribution >= 4 is 47.3 Å². The predicted octanol–water partition coefficient (Wildman–Crippen LogP) is 5.71. The Morgan fingerprint density at radius 1 is 0.800 bits per heavy atom. The lowest BCUT2D eigenvalue weighted by molar-refractivity contribution is -0.207. The van der Waals surface area contributed by atoms with Crippen molar-refractivity contribution in [3.8, 4) is 0 Å². The fourth-order valence-corrected chi connectivity index (χ4v) is 7.70. The van der Waals surface area contributed by atoms with Gasteiger partial charge in [-0.05, 0) is 69.5 Å². The van der Waals surface area contributed by atoms with Crippen molar-refractivity contribution in [2.75, 3.05) is 0 Å². The average Bonchev–Trinajstić information content (AvgIpc) is 3.12. The highest BCUT2D eigenvalue weighted by Crippen LogP contribution is 2.40. The van der Waals surface area contributed by atoms with Gasteiger partial charge in [-0.3, -0.25) is 0 Å². The van der Waals surface area contributed by atoms with Gasteiger partial charge in [-0.25, -0.2) is 14.4 Å². The predicted molar refractivity (Wildman–Crippen MR) is 191 cm³/mol. The van der Waals surface area contributed by atoms with Gasteiger partial charge < -0.3 is 28.3 Å². The van der Waals surface area contributed by atoms with Crippen molar-refractivity contribution in [3.63, 3.8) is 0 Å². The molecule has 2 aliphatic heterocycles. The summed E-state index contributed by atoms with van der Waals surface area (Å²) in [4.78, 5) is 53.6. The van der Waals surface area contributed by atoms with Crippen molar-refractivity contribution in [2.45, 2.75) is 80.0 Å². The first-order chi connectivity index (χ1) is 24.0. The first kappa shape index (κ1) is 37.3. The molecule has 9 atom stereocenters. The van der Waals surface area contributed by atoms with Crippen LogP contribution in [0, 0.1) is 5.92 Å². The van der Waals surface area contributed by atoms with Crippen LogP contribution >= 0.6 is 11.8 Å². The highest BCUT2D eigenvalue weighted by Gasteiger charge is 2.57. The molecule has 0 aliphatic carbocycles. The van der Waals surface area contributed by atoms with Crippen molar-refractivity contribution < 1.29 is 42.7 Å². The summed E-state index contributed by atoms with van der Waals surface area (Å²) in [6.07, 6.45) is -0.368. The first-order valence-electron chi connectivity index (χ1n) is 16.3.